The number of hydrogen-bond acceptors (Lipinski definition) is 2. The van der Waals surface area contributed by atoms with Crippen LogP contribution in [0.2, 0.25) is 10.0 Å². The molecule has 2 rings (SSSR count). The number of carbonyl (C=O) groups excluding carboxylic acids is 1. The molecule has 1 aliphatic heterocycles. The molecule has 1 aliphatic rings. The van der Waals surface area contributed by atoms with Crippen LogP contribution in [0, 0.1) is 0 Å². The normalized spacial score (nSPS) is 20.4. The van der Waals surface area contributed by atoms with Gasteiger partial charge in [0.2, 0.25) is 5.91 Å². The van der Waals surface area contributed by atoms with Crippen molar-refractivity contribution in [1.29, 1.82) is 0 Å². The van der Waals surface area contributed by atoms with Crippen molar-refractivity contribution in [1.82, 2.24) is 4.90 Å². The van der Waals surface area contributed by atoms with E-state index in [-0.39, 0.29) is 12.0 Å². The van der Waals surface area contributed by atoms with E-state index >= 15 is 0 Å². The molecule has 1 aromatic rings. The molecule has 1 fully saturated rings. The highest BCUT2D eigenvalue weighted by molar-refractivity contribution is 6.35. The molecular formula is C12H13Cl2NO2. The summed E-state index contributed by atoms with van der Waals surface area (Å²) in [5.74, 6) is 0.0587. The predicted molar refractivity (Wildman–Crippen MR) is 67.4 cm³/mol. The van der Waals surface area contributed by atoms with E-state index in [0.717, 1.165) is 5.56 Å². The zero-order valence-corrected chi connectivity index (χ0v) is 11.0. The standard InChI is InChI=1S/C12H13Cl2NO2/c1-8(16)15-4-5-17-12(7-15)10-3-2-9(13)6-11(10)14/h2-3,6,12H,4-5,7H2,1H3. The van der Waals surface area contributed by atoms with Gasteiger partial charge in [-0.3, -0.25) is 4.79 Å². The van der Waals surface area contributed by atoms with Crippen LogP contribution in [0.15, 0.2) is 18.2 Å². The van der Waals surface area contributed by atoms with E-state index in [1.54, 1.807) is 24.0 Å². The Labute approximate surface area is 110 Å². The van der Waals surface area contributed by atoms with Gasteiger partial charge in [0.1, 0.15) is 6.10 Å². The van der Waals surface area contributed by atoms with E-state index in [4.69, 9.17) is 27.9 Å². The summed E-state index contributed by atoms with van der Waals surface area (Å²) in [6.07, 6.45) is -0.169. The number of amides is 1. The summed E-state index contributed by atoms with van der Waals surface area (Å²) < 4.78 is 5.64. The van der Waals surface area contributed by atoms with E-state index in [0.29, 0.717) is 29.7 Å². The Hall–Kier alpha value is -0.770. The highest BCUT2D eigenvalue weighted by atomic mass is 35.5. The van der Waals surface area contributed by atoms with Crippen molar-refractivity contribution in [2.45, 2.75) is 13.0 Å². The third kappa shape index (κ3) is 2.92. The Morgan fingerprint density at radius 2 is 2.24 bits per heavy atom. The van der Waals surface area contributed by atoms with Crippen LogP contribution in [-0.4, -0.2) is 30.5 Å². The third-order valence-electron chi connectivity index (χ3n) is 2.82. The molecule has 1 unspecified atom stereocenters. The largest absolute Gasteiger partial charge is 0.370 e. The highest BCUT2D eigenvalue weighted by Gasteiger charge is 2.24. The average Bonchev–Trinajstić information content (AvgIpc) is 2.29. The van der Waals surface area contributed by atoms with Crippen molar-refractivity contribution in [2.24, 2.45) is 0 Å². The summed E-state index contributed by atoms with van der Waals surface area (Å²) in [6, 6.07) is 5.31. The molecule has 0 bridgehead atoms. The quantitative estimate of drug-likeness (QED) is 0.788. The van der Waals surface area contributed by atoms with Crippen LogP contribution < -0.4 is 0 Å². The molecular weight excluding hydrogens is 261 g/mol. The molecule has 0 saturated carbocycles. The molecule has 17 heavy (non-hydrogen) atoms. The van der Waals surface area contributed by atoms with Gasteiger partial charge in [-0.05, 0) is 12.1 Å². The molecule has 1 heterocycles. The van der Waals surface area contributed by atoms with Crippen molar-refractivity contribution in [3.8, 4) is 0 Å². The van der Waals surface area contributed by atoms with E-state index in [2.05, 4.69) is 0 Å². The lowest BCUT2D eigenvalue weighted by atomic mass is 10.1. The second kappa shape index (κ2) is 5.25. The van der Waals surface area contributed by atoms with E-state index in [1.165, 1.54) is 0 Å². The Morgan fingerprint density at radius 1 is 1.47 bits per heavy atom. The zero-order chi connectivity index (χ0) is 12.4. The van der Waals surface area contributed by atoms with Crippen molar-refractivity contribution < 1.29 is 9.53 Å². The van der Waals surface area contributed by atoms with Crippen LogP contribution in [0.3, 0.4) is 0 Å². The Balaban J connectivity index is 2.19. The average molecular weight is 274 g/mol. The molecule has 0 aliphatic carbocycles. The smallest absolute Gasteiger partial charge is 0.219 e. The third-order valence-corrected chi connectivity index (χ3v) is 3.38. The minimum absolute atomic E-state index is 0.0587. The fourth-order valence-corrected chi connectivity index (χ4v) is 2.42. The van der Waals surface area contributed by atoms with Crippen molar-refractivity contribution in [3.63, 3.8) is 0 Å². The monoisotopic (exact) mass is 273 g/mol. The number of halogens is 2. The van der Waals surface area contributed by atoms with Crippen molar-refractivity contribution >= 4 is 29.1 Å². The lowest BCUT2D eigenvalue weighted by Crippen LogP contribution is -2.41. The first-order valence-corrected chi connectivity index (χ1v) is 6.15. The Morgan fingerprint density at radius 3 is 2.88 bits per heavy atom. The second-order valence-corrected chi connectivity index (χ2v) is 4.83. The molecule has 3 nitrogen and oxygen atoms in total. The molecule has 0 spiro atoms. The first-order valence-electron chi connectivity index (χ1n) is 5.40. The van der Waals surface area contributed by atoms with Crippen LogP contribution >= 0.6 is 23.2 Å². The molecule has 1 amide bonds. The number of hydrogen-bond donors (Lipinski definition) is 0. The van der Waals surface area contributed by atoms with E-state index in [1.807, 2.05) is 6.07 Å². The second-order valence-electron chi connectivity index (χ2n) is 3.99. The molecule has 5 heteroatoms. The van der Waals surface area contributed by atoms with Crippen LogP contribution in [0.25, 0.3) is 0 Å². The number of rotatable bonds is 1. The molecule has 0 aromatic heterocycles. The van der Waals surface area contributed by atoms with Crippen LogP contribution in [0.4, 0.5) is 0 Å². The maximum atomic E-state index is 11.3. The lowest BCUT2D eigenvalue weighted by molar-refractivity contribution is -0.136. The van der Waals surface area contributed by atoms with Crippen LogP contribution in [-0.2, 0) is 9.53 Å². The number of nitrogens with zero attached hydrogens (tertiary/aromatic N) is 1. The first-order chi connectivity index (χ1) is 8.08. The summed E-state index contributed by atoms with van der Waals surface area (Å²) in [5, 5.41) is 1.17. The van der Waals surface area contributed by atoms with Gasteiger partial charge >= 0.3 is 0 Å². The fourth-order valence-electron chi connectivity index (χ4n) is 1.89. The Kier molecular flexibility index (Phi) is 3.92. The highest BCUT2D eigenvalue weighted by Crippen LogP contribution is 2.30. The van der Waals surface area contributed by atoms with Gasteiger partial charge in [-0.15, -0.1) is 0 Å². The summed E-state index contributed by atoms with van der Waals surface area (Å²) in [7, 11) is 0. The SMILES string of the molecule is CC(=O)N1CCOC(c2ccc(Cl)cc2Cl)C1. The first kappa shape index (κ1) is 12.7. The fraction of sp³-hybridized carbons (Fsp3) is 0.417. The van der Waals surface area contributed by atoms with Gasteiger partial charge in [-0.1, -0.05) is 29.3 Å². The maximum absolute atomic E-state index is 11.3. The molecule has 1 saturated heterocycles. The predicted octanol–water partition coefficient (Wildman–Crippen LogP) is 2.91. The van der Waals surface area contributed by atoms with Crippen molar-refractivity contribution in [2.75, 3.05) is 19.7 Å². The molecule has 0 radical (unpaired) electrons. The van der Waals surface area contributed by atoms with E-state index < -0.39 is 0 Å². The summed E-state index contributed by atoms with van der Waals surface area (Å²) >= 11 is 12.0. The number of morpholine rings is 1. The van der Waals surface area contributed by atoms with Gasteiger partial charge in [0.15, 0.2) is 0 Å². The van der Waals surface area contributed by atoms with Crippen LogP contribution in [0.5, 0.6) is 0 Å². The topological polar surface area (TPSA) is 29.5 Å². The van der Waals surface area contributed by atoms with Gasteiger partial charge in [-0.25, -0.2) is 0 Å². The maximum Gasteiger partial charge on any atom is 0.219 e. The number of carbonyl (C=O) groups is 1. The minimum atomic E-state index is -0.169. The molecule has 0 N–H and O–H groups in total. The lowest BCUT2D eigenvalue weighted by Gasteiger charge is -2.32. The summed E-state index contributed by atoms with van der Waals surface area (Å²) in [6.45, 7) is 3.27. The Bertz CT molecular complexity index is 437. The zero-order valence-electron chi connectivity index (χ0n) is 9.45. The van der Waals surface area contributed by atoms with Crippen LogP contribution in [0.1, 0.15) is 18.6 Å². The molecule has 92 valence electrons. The molecule has 1 atom stereocenters. The van der Waals surface area contributed by atoms with Gasteiger partial charge in [0.25, 0.3) is 0 Å². The van der Waals surface area contributed by atoms with Gasteiger partial charge < -0.3 is 9.64 Å². The van der Waals surface area contributed by atoms with Crippen molar-refractivity contribution in [3.05, 3.63) is 33.8 Å². The van der Waals surface area contributed by atoms with E-state index in [9.17, 15) is 4.79 Å². The number of benzene rings is 1. The van der Waals surface area contributed by atoms with Gasteiger partial charge in [0.05, 0.1) is 13.2 Å². The summed E-state index contributed by atoms with van der Waals surface area (Å²) in [5.41, 5.74) is 0.877. The summed E-state index contributed by atoms with van der Waals surface area (Å²) in [4.78, 5) is 13.1. The van der Waals surface area contributed by atoms with Gasteiger partial charge in [0, 0.05) is 29.1 Å². The number of ether oxygens (including phenoxy) is 1. The minimum Gasteiger partial charge on any atom is -0.370 e. The molecule has 1 aromatic carbocycles. The van der Waals surface area contributed by atoms with Gasteiger partial charge in [-0.2, -0.15) is 0 Å².